The zero-order valence-electron chi connectivity index (χ0n) is 7.04. The van der Waals surface area contributed by atoms with Gasteiger partial charge in [0.05, 0.1) is 7.11 Å². The molecule has 0 aliphatic heterocycles. The number of ether oxygens (including phenoxy) is 2. The fourth-order valence-electron chi connectivity index (χ4n) is 1.22. The fourth-order valence-corrected chi connectivity index (χ4v) is 1.22. The quantitative estimate of drug-likeness (QED) is 0.559. The zero-order chi connectivity index (χ0) is 8.97. The molecule has 1 aliphatic carbocycles. The third kappa shape index (κ3) is 2.53. The fraction of sp³-hybridized carbons (Fsp3) is 0.750. The van der Waals surface area contributed by atoms with Crippen LogP contribution in [-0.4, -0.2) is 25.2 Å². The Balaban J connectivity index is 2.26. The summed E-state index contributed by atoms with van der Waals surface area (Å²) in [7, 11) is 1.27. The standard InChI is InChI=1S/C8H12O4/c1-11-8(10)12-7-4-2-6(9)3-5-7/h7H,2-5H2,1H3. The summed E-state index contributed by atoms with van der Waals surface area (Å²) in [5.74, 6) is 0.250. The van der Waals surface area contributed by atoms with Gasteiger partial charge in [-0.15, -0.1) is 0 Å². The Morgan fingerprint density at radius 3 is 2.50 bits per heavy atom. The van der Waals surface area contributed by atoms with Crippen molar-refractivity contribution in [1.82, 2.24) is 0 Å². The van der Waals surface area contributed by atoms with Crippen molar-refractivity contribution in [2.24, 2.45) is 0 Å². The minimum atomic E-state index is -0.658. The van der Waals surface area contributed by atoms with Crippen LogP contribution in [0.15, 0.2) is 0 Å². The molecule has 68 valence electrons. The second-order valence-corrected chi connectivity index (χ2v) is 2.81. The van der Waals surface area contributed by atoms with Gasteiger partial charge in [0.15, 0.2) is 0 Å². The Hall–Kier alpha value is -1.06. The second kappa shape index (κ2) is 4.09. The highest BCUT2D eigenvalue weighted by molar-refractivity contribution is 5.79. The average Bonchev–Trinajstić information content (AvgIpc) is 2.09. The van der Waals surface area contributed by atoms with Crippen molar-refractivity contribution in [3.63, 3.8) is 0 Å². The van der Waals surface area contributed by atoms with E-state index in [1.165, 1.54) is 7.11 Å². The van der Waals surface area contributed by atoms with Crippen molar-refractivity contribution in [2.75, 3.05) is 7.11 Å². The van der Waals surface area contributed by atoms with Crippen LogP contribution in [0.2, 0.25) is 0 Å². The highest BCUT2D eigenvalue weighted by Gasteiger charge is 2.21. The maximum Gasteiger partial charge on any atom is 0.508 e. The molecular weight excluding hydrogens is 160 g/mol. The molecule has 0 radical (unpaired) electrons. The number of carbonyl (C=O) groups excluding carboxylic acids is 2. The van der Waals surface area contributed by atoms with Crippen LogP contribution in [0, 0.1) is 0 Å². The number of hydrogen-bond donors (Lipinski definition) is 0. The first-order valence-corrected chi connectivity index (χ1v) is 3.98. The molecule has 1 saturated carbocycles. The van der Waals surface area contributed by atoms with Gasteiger partial charge in [-0.1, -0.05) is 0 Å². The maximum absolute atomic E-state index is 10.8. The summed E-state index contributed by atoms with van der Waals surface area (Å²) >= 11 is 0. The molecule has 0 aromatic carbocycles. The van der Waals surface area contributed by atoms with Crippen LogP contribution in [0.4, 0.5) is 4.79 Å². The van der Waals surface area contributed by atoms with Gasteiger partial charge in [-0.05, 0) is 12.8 Å². The van der Waals surface area contributed by atoms with E-state index in [4.69, 9.17) is 4.74 Å². The minimum absolute atomic E-state index is 0.129. The molecule has 0 amide bonds. The summed E-state index contributed by atoms with van der Waals surface area (Å²) in [5, 5.41) is 0. The summed E-state index contributed by atoms with van der Waals surface area (Å²) in [4.78, 5) is 21.4. The number of rotatable bonds is 1. The molecule has 0 N–H and O–H groups in total. The van der Waals surface area contributed by atoms with Gasteiger partial charge in [-0.2, -0.15) is 0 Å². The lowest BCUT2D eigenvalue weighted by molar-refractivity contribution is -0.122. The number of Topliss-reactive ketones (excluding diaryl/α,β-unsaturated/α-hetero) is 1. The molecule has 4 heteroatoms. The lowest BCUT2D eigenvalue weighted by atomic mass is 9.97. The van der Waals surface area contributed by atoms with E-state index in [2.05, 4.69) is 4.74 Å². The molecule has 0 unspecified atom stereocenters. The Labute approximate surface area is 70.8 Å². The van der Waals surface area contributed by atoms with E-state index < -0.39 is 6.16 Å². The summed E-state index contributed by atoms with van der Waals surface area (Å²) in [5.41, 5.74) is 0. The van der Waals surface area contributed by atoms with Crippen LogP contribution < -0.4 is 0 Å². The lowest BCUT2D eigenvalue weighted by Gasteiger charge is -2.19. The molecule has 0 atom stereocenters. The predicted octanol–water partition coefficient (Wildman–Crippen LogP) is 1.28. The molecule has 1 aliphatic rings. The molecule has 1 fully saturated rings. The van der Waals surface area contributed by atoms with Gasteiger partial charge in [0.2, 0.25) is 0 Å². The van der Waals surface area contributed by atoms with Gasteiger partial charge in [-0.25, -0.2) is 4.79 Å². The molecule has 0 aromatic rings. The topological polar surface area (TPSA) is 52.6 Å². The second-order valence-electron chi connectivity index (χ2n) is 2.81. The molecule has 0 heterocycles. The zero-order valence-corrected chi connectivity index (χ0v) is 7.04. The molecule has 1 rings (SSSR count). The van der Waals surface area contributed by atoms with Gasteiger partial charge >= 0.3 is 6.16 Å². The Morgan fingerprint density at radius 2 is 2.00 bits per heavy atom. The van der Waals surface area contributed by atoms with Crippen molar-refractivity contribution in [1.29, 1.82) is 0 Å². The van der Waals surface area contributed by atoms with E-state index in [1.807, 2.05) is 0 Å². The normalized spacial score (nSPS) is 18.9. The van der Waals surface area contributed by atoms with Crippen LogP contribution in [0.1, 0.15) is 25.7 Å². The Kier molecular flexibility index (Phi) is 3.08. The number of methoxy groups -OCH3 is 1. The molecule has 12 heavy (non-hydrogen) atoms. The van der Waals surface area contributed by atoms with Crippen molar-refractivity contribution < 1.29 is 19.1 Å². The van der Waals surface area contributed by atoms with E-state index in [9.17, 15) is 9.59 Å². The Bertz CT molecular complexity index is 177. The van der Waals surface area contributed by atoms with Gasteiger partial charge in [0.1, 0.15) is 11.9 Å². The van der Waals surface area contributed by atoms with E-state index in [-0.39, 0.29) is 11.9 Å². The van der Waals surface area contributed by atoms with Crippen LogP contribution in [0.25, 0.3) is 0 Å². The first-order chi connectivity index (χ1) is 5.72. The highest BCUT2D eigenvalue weighted by atomic mass is 16.7. The third-order valence-corrected chi connectivity index (χ3v) is 1.92. The average molecular weight is 172 g/mol. The lowest BCUT2D eigenvalue weighted by Crippen LogP contribution is -2.24. The van der Waals surface area contributed by atoms with E-state index >= 15 is 0 Å². The van der Waals surface area contributed by atoms with Crippen molar-refractivity contribution in [3.05, 3.63) is 0 Å². The molecule has 0 spiro atoms. The molecular formula is C8H12O4. The largest absolute Gasteiger partial charge is 0.508 e. The number of carbonyl (C=O) groups is 2. The Morgan fingerprint density at radius 1 is 1.42 bits per heavy atom. The van der Waals surface area contributed by atoms with Gasteiger partial charge in [0, 0.05) is 12.8 Å². The van der Waals surface area contributed by atoms with Crippen molar-refractivity contribution in [3.8, 4) is 0 Å². The number of ketones is 1. The van der Waals surface area contributed by atoms with Crippen molar-refractivity contribution in [2.45, 2.75) is 31.8 Å². The predicted molar refractivity (Wildman–Crippen MR) is 40.8 cm³/mol. The van der Waals surface area contributed by atoms with Crippen LogP contribution >= 0.6 is 0 Å². The first kappa shape index (κ1) is 9.03. The van der Waals surface area contributed by atoms with Gasteiger partial charge < -0.3 is 9.47 Å². The van der Waals surface area contributed by atoms with Crippen LogP contribution in [0.3, 0.4) is 0 Å². The smallest absolute Gasteiger partial charge is 0.438 e. The molecule has 0 aromatic heterocycles. The number of hydrogen-bond acceptors (Lipinski definition) is 4. The summed E-state index contributed by atoms with van der Waals surface area (Å²) in [6.07, 6.45) is 1.51. The van der Waals surface area contributed by atoms with E-state index in [0.29, 0.717) is 25.7 Å². The first-order valence-electron chi connectivity index (χ1n) is 3.98. The third-order valence-electron chi connectivity index (χ3n) is 1.92. The van der Waals surface area contributed by atoms with E-state index in [1.54, 1.807) is 0 Å². The SMILES string of the molecule is COC(=O)OC1CCC(=O)CC1. The van der Waals surface area contributed by atoms with Crippen molar-refractivity contribution >= 4 is 11.9 Å². The van der Waals surface area contributed by atoms with E-state index in [0.717, 1.165) is 0 Å². The molecule has 0 bridgehead atoms. The highest BCUT2D eigenvalue weighted by Crippen LogP contribution is 2.18. The van der Waals surface area contributed by atoms with Crippen LogP contribution in [0.5, 0.6) is 0 Å². The summed E-state index contributed by atoms with van der Waals surface area (Å²) in [6, 6.07) is 0. The van der Waals surface area contributed by atoms with Gasteiger partial charge in [-0.3, -0.25) is 4.79 Å². The van der Waals surface area contributed by atoms with Gasteiger partial charge in [0.25, 0.3) is 0 Å². The molecule has 0 saturated heterocycles. The monoisotopic (exact) mass is 172 g/mol. The molecule has 4 nitrogen and oxygen atoms in total. The minimum Gasteiger partial charge on any atom is -0.438 e. The van der Waals surface area contributed by atoms with Crippen LogP contribution in [-0.2, 0) is 14.3 Å². The summed E-state index contributed by atoms with van der Waals surface area (Å²) < 4.78 is 9.21. The maximum atomic E-state index is 10.8. The summed E-state index contributed by atoms with van der Waals surface area (Å²) in [6.45, 7) is 0.